The Balaban J connectivity index is 1.21. The topological polar surface area (TPSA) is 125 Å². The largest absolute Gasteiger partial charge is 0.462 e. The summed E-state index contributed by atoms with van der Waals surface area (Å²) in [6.45, 7) is 7.70. The van der Waals surface area contributed by atoms with E-state index in [-0.39, 0.29) is 90.2 Å². The minimum atomic E-state index is -0.608. The van der Waals surface area contributed by atoms with Gasteiger partial charge in [-0.2, -0.15) is 0 Å². The highest BCUT2D eigenvalue weighted by Gasteiger charge is 2.52. The van der Waals surface area contributed by atoms with Crippen molar-refractivity contribution in [2.45, 2.75) is 147 Å². The lowest BCUT2D eigenvalue weighted by molar-refractivity contribution is -0.314. The molecule has 50 heavy (non-hydrogen) atoms. The van der Waals surface area contributed by atoms with Crippen molar-refractivity contribution in [2.24, 2.45) is 35.5 Å². The molecule has 0 unspecified atom stereocenters. The molecule has 11 heteroatoms. The van der Waals surface area contributed by atoms with Crippen molar-refractivity contribution in [3.8, 4) is 0 Å². The summed E-state index contributed by atoms with van der Waals surface area (Å²) in [5.74, 6) is -0.204. The average Bonchev–Trinajstić information content (AvgIpc) is 3.68. The van der Waals surface area contributed by atoms with Crippen molar-refractivity contribution in [1.29, 1.82) is 0 Å². The van der Waals surface area contributed by atoms with Crippen LogP contribution in [-0.2, 0) is 52.3 Å². The van der Waals surface area contributed by atoms with E-state index in [4.69, 9.17) is 37.9 Å². The highest BCUT2D eigenvalue weighted by Crippen LogP contribution is 2.54. The van der Waals surface area contributed by atoms with E-state index < -0.39 is 30.7 Å². The van der Waals surface area contributed by atoms with E-state index in [1.807, 2.05) is 20.8 Å². The molecule has 280 valence electrons. The van der Waals surface area contributed by atoms with Crippen LogP contribution < -0.4 is 0 Å². The molecule has 3 aliphatic heterocycles. The zero-order valence-electron chi connectivity index (χ0n) is 30.8. The van der Waals surface area contributed by atoms with Crippen molar-refractivity contribution in [2.75, 3.05) is 21.3 Å². The van der Waals surface area contributed by atoms with E-state index in [0.29, 0.717) is 31.3 Å². The fraction of sp³-hybridized carbons (Fsp3) is 0.821. The predicted octanol–water partition coefficient (Wildman–Crippen LogP) is 5.13. The minimum Gasteiger partial charge on any atom is -0.462 e. The first-order chi connectivity index (χ1) is 24.1. The molecule has 1 saturated carbocycles. The van der Waals surface area contributed by atoms with Crippen LogP contribution in [0.5, 0.6) is 0 Å². The third-order valence-corrected chi connectivity index (χ3v) is 12.4. The highest BCUT2D eigenvalue weighted by molar-refractivity contribution is 5.99. The van der Waals surface area contributed by atoms with Gasteiger partial charge in [-0.1, -0.05) is 32.1 Å². The fourth-order valence-corrected chi connectivity index (χ4v) is 9.62. The summed E-state index contributed by atoms with van der Waals surface area (Å²) in [5.41, 5.74) is 0.715. The number of ketones is 2. The molecule has 0 radical (unpaired) electrons. The van der Waals surface area contributed by atoms with Crippen molar-refractivity contribution >= 4 is 17.5 Å². The van der Waals surface area contributed by atoms with Gasteiger partial charge in [-0.05, 0) is 81.6 Å². The summed E-state index contributed by atoms with van der Waals surface area (Å²) in [6, 6.07) is 0. The number of methoxy groups -OCH3 is 3. The van der Waals surface area contributed by atoms with Crippen LogP contribution in [0.3, 0.4) is 0 Å². The molecule has 0 aromatic heterocycles. The minimum absolute atomic E-state index is 0.0163. The van der Waals surface area contributed by atoms with E-state index in [2.05, 4.69) is 18.2 Å². The molecule has 0 aromatic carbocycles. The van der Waals surface area contributed by atoms with Gasteiger partial charge in [0.15, 0.2) is 24.1 Å². The Morgan fingerprint density at radius 3 is 2.30 bits per heavy atom. The molecule has 4 fully saturated rings. The molecule has 6 aliphatic rings. The molecule has 6 rings (SSSR count). The second kappa shape index (κ2) is 16.4. The number of fused-ring (bicyclic) bond motifs is 5. The third kappa shape index (κ3) is 7.70. The van der Waals surface area contributed by atoms with Gasteiger partial charge in [-0.15, -0.1) is 0 Å². The van der Waals surface area contributed by atoms with Crippen LogP contribution in [0.25, 0.3) is 0 Å². The van der Waals surface area contributed by atoms with Crippen molar-refractivity contribution in [1.82, 2.24) is 0 Å². The molecule has 0 bridgehead atoms. The van der Waals surface area contributed by atoms with Gasteiger partial charge in [0.1, 0.15) is 30.5 Å². The van der Waals surface area contributed by atoms with E-state index in [0.717, 1.165) is 25.7 Å². The fourth-order valence-electron chi connectivity index (χ4n) is 9.62. The average molecular weight is 703 g/mol. The van der Waals surface area contributed by atoms with E-state index in [1.165, 1.54) is 0 Å². The summed E-state index contributed by atoms with van der Waals surface area (Å²) in [4.78, 5) is 40.1. The Kier molecular flexibility index (Phi) is 12.3. The predicted molar refractivity (Wildman–Crippen MR) is 182 cm³/mol. The third-order valence-electron chi connectivity index (χ3n) is 12.4. The molecule has 3 heterocycles. The van der Waals surface area contributed by atoms with Gasteiger partial charge < -0.3 is 37.9 Å². The van der Waals surface area contributed by atoms with Gasteiger partial charge in [-0.3, -0.25) is 14.4 Å². The molecule has 3 saturated heterocycles. The second-order valence-corrected chi connectivity index (χ2v) is 15.3. The Morgan fingerprint density at radius 1 is 0.840 bits per heavy atom. The lowest BCUT2D eigenvalue weighted by atomic mass is 9.70. The second-order valence-electron chi connectivity index (χ2n) is 15.3. The number of rotatable bonds is 8. The first-order valence-electron chi connectivity index (χ1n) is 18.9. The molecule has 0 N–H and O–H groups in total. The molecular formula is C39H58O11. The number of Topliss-reactive ketones (excluding diaryl/α,β-unsaturated/α-hetero) is 2. The van der Waals surface area contributed by atoms with Crippen molar-refractivity contribution < 1.29 is 52.3 Å². The highest BCUT2D eigenvalue weighted by atomic mass is 16.7. The molecule has 0 amide bonds. The SMILES string of the molecule is CC[C@H]1CCC[C@@H](O[C@H]2CCC(=O)[C@@H](C)O2)[C@@H](C)C(=O)C2=C[C@@H]3[C@@H](C=C[C@@H]4C[C@@H](O[C@@H]5O[C@@H](C)[C@H](OC)[C@@H](OC)[C@H]5OC)C[C@@H]34)[C@@H]2CC(=O)O1. The van der Waals surface area contributed by atoms with Crippen LogP contribution >= 0.6 is 0 Å². The number of hydrogen-bond acceptors (Lipinski definition) is 11. The molecule has 16 atom stereocenters. The van der Waals surface area contributed by atoms with Gasteiger partial charge in [0.2, 0.25) is 0 Å². The van der Waals surface area contributed by atoms with Crippen LogP contribution in [0.15, 0.2) is 23.8 Å². The van der Waals surface area contributed by atoms with Crippen LogP contribution in [0, 0.1) is 35.5 Å². The standard InChI is InChI=1S/C39H58O11/c1-8-24-10-9-11-32(50-34-15-14-31(40)21(3)46-34)20(2)35(42)30-18-28-26(29(30)19-33(41)48-24)13-12-23-16-25(17-27(23)28)49-39-38(45-7)37(44-6)36(43-5)22(4)47-39/h12-13,18,20-29,32,34,36-39H,8-11,14-17,19H2,1-7H3/t20-,21-,22+,23-,24+,25-,26-,27-,28-,29+,32-,34+,36+,37-,38-,39+/m1/s1. The normalized spacial score (nSPS) is 45.5. The molecule has 11 nitrogen and oxygen atoms in total. The maximum atomic E-state index is 14.5. The number of esters is 1. The Morgan fingerprint density at radius 2 is 1.60 bits per heavy atom. The van der Waals surface area contributed by atoms with Crippen LogP contribution in [0.1, 0.15) is 85.5 Å². The number of carbonyl (C=O) groups excluding carboxylic acids is 3. The number of allylic oxidation sites excluding steroid dienone is 4. The maximum Gasteiger partial charge on any atom is 0.306 e. The van der Waals surface area contributed by atoms with Crippen LogP contribution in [-0.4, -0.2) is 100 Å². The first kappa shape index (κ1) is 37.8. The summed E-state index contributed by atoms with van der Waals surface area (Å²) in [6.07, 6.45) is 8.60. The zero-order valence-corrected chi connectivity index (χ0v) is 30.8. The van der Waals surface area contributed by atoms with Gasteiger partial charge in [0, 0.05) is 46.0 Å². The Bertz CT molecular complexity index is 1280. The molecule has 3 aliphatic carbocycles. The maximum absolute atomic E-state index is 14.5. The monoisotopic (exact) mass is 702 g/mol. The van der Waals surface area contributed by atoms with Crippen molar-refractivity contribution in [3.05, 3.63) is 23.8 Å². The smallest absolute Gasteiger partial charge is 0.306 e. The summed E-state index contributed by atoms with van der Waals surface area (Å²) in [7, 11) is 4.94. The number of ether oxygens (including phenoxy) is 8. The van der Waals surface area contributed by atoms with Crippen LogP contribution in [0.4, 0.5) is 0 Å². The summed E-state index contributed by atoms with van der Waals surface area (Å²) >= 11 is 0. The summed E-state index contributed by atoms with van der Waals surface area (Å²) < 4.78 is 48.7. The van der Waals surface area contributed by atoms with Crippen LogP contribution in [0.2, 0.25) is 0 Å². The molecule has 0 spiro atoms. The number of hydrogen-bond donors (Lipinski definition) is 0. The van der Waals surface area contributed by atoms with E-state index >= 15 is 0 Å². The lowest BCUT2D eigenvalue weighted by Crippen LogP contribution is -2.59. The zero-order chi connectivity index (χ0) is 35.7. The van der Waals surface area contributed by atoms with E-state index in [1.54, 1.807) is 28.3 Å². The van der Waals surface area contributed by atoms with Gasteiger partial charge in [0.05, 0.1) is 24.7 Å². The van der Waals surface area contributed by atoms with Crippen molar-refractivity contribution in [3.63, 3.8) is 0 Å². The van der Waals surface area contributed by atoms with Gasteiger partial charge in [0.25, 0.3) is 0 Å². The van der Waals surface area contributed by atoms with Gasteiger partial charge in [-0.25, -0.2) is 0 Å². The van der Waals surface area contributed by atoms with Gasteiger partial charge >= 0.3 is 5.97 Å². The Labute approximate surface area is 297 Å². The first-order valence-corrected chi connectivity index (χ1v) is 18.9. The summed E-state index contributed by atoms with van der Waals surface area (Å²) in [5, 5.41) is 0. The number of carbonyl (C=O) groups is 3. The quantitative estimate of drug-likeness (QED) is 0.247. The number of cyclic esters (lactones) is 1. The Hall–Kier alpha value is -1.99. The lowest BCUT2D eigenvalue weighted by Gasteiger charge is -2.44. The molecular weight excluding hydrogens is 644 g/mol. The molecule has 0 aromatic rings. The van der Waals surface area contributed by atoms with E-state index in [9.17, 15) is 14.4 Å².